The third-order valence-corrected chi connectivity index (χ3v) is 4.63. The van der Waals surface area contributed by atoms with Crippen LogP contribution >= 0.6 is 0 Å². The van der Waals surface area contributed by atoms with Crippen molar-refractivity contribution >= 4 is 17.9 Å². The van der Waals surface area contributed by atoms with Gasteiger partial charge in [0.05, 0.1) is 12.7 Å². The maximum Gasteiger partial charge on any atom is 0.387 e. The van der Waals surface area contributed by atoms with Gasteiger partial charge in [-0.25, -0.2) is 9.59 Å². The van der Waals surface area contributed by atoms with Gasteiger partial charge in [0.1, 0.15) is 0 Å². The molecule has 0 radical (unpaired) electrons. The Hall–Kier alpha value is -2.91. The van der Waals surface area contributed by atoms with Crippen molar-refractivity contribution < 1.29 is 37.4 Å². The molecule has 0 aromatic heterocycles. The van der Waals surface area contributed by atoms with Crippen molar-refractivity contribution in [2.24, 2.45) is 5.92 Å². The van der Waals surface area contributed by atoms with E-state index in [1.54, 1.807) is 0 Å². The molecule has 0 unspecified atom stereocenters. The van der Waals surface area contributed by atoms with Gasteiger partial charge in [0, 0.05) is 6.04 Å². The highest BCUT2D eigenvalue weighted by Gasteiger charge is 2.23. The molecule has 0 saturated heterocycles. The van der Waals surface area contributed by atoms with Crippen LogP contribution in [0.5, 0.6) is 11.5 Å². The number of imide groups is 1. The van der Waals surface area contributed by atoms with E-state index < -0.39 is 31.1 Å². The lowest BCUT2D eigenvalue weighted by atomic mass is 9.86. The first kappa shape index (κ1) is 22.4. The second kappa shape index (κ2) is 10.6. The van der Waals surface area contributed by atoms with Crippen molar-refractivity contribution in [3.8, 4) is 11.5 Å². The Bertz CT molecular complexity index is 743. The van der Waals surface area contributed by atoms with E-state index in [1.165, 1.54) is 13.2 Å². The molecule has 2 N–H and O–H groups in total. The van der Waals surface area contributed by atoms with E-state index in [1.807, 2.05) is 6.92 Å². The topological polar surface area (TPSA) is 103 Å². The highest BCUT2D eigenvalue weighted by Crippen LogP contribution is 2.29. The van der Waals surface area contributed by atoms with Crippen LogP contribution in [0.4, 0.5) is 13.6 Å². The maximum absolute atomic E-state index is 12.3. The maximum atomic E-state index is 12.3. The molecule has 10 heteroatoms. The number of halogens is 2. The van der Waals surface area contributed by atoms with Gasteiger partial charge in [-0.15, -0.1) is 0 Å². The van der Waals surface area contributed by atoms with Gasteiger partial charge in [-0.2, -0.15) is 8.78 Å². The second-order valence-corrected chi connectivity index (χ2v) is 6.71. The Labute approximate surface area is 166 Å². The van der Waals surface area contributed by atoms with Crippen LogP contribution in [-0.2, 0) is 9.53 Å². The molecule has 29 heavy (non-hydrogen) atoms. The van der Waals surface area contributed by atoms with Crippen LogP contribution in [0.3, 0.4) is 0 Å². The Morgan fingerprint density at radius 2 is 1.90 bits per heavy atom. The van der Waals surface area contributed by atoms with Gasteiger partial charge in [-0.1, -0.05) is 19.8 Å². The number of rotatable bonds is 7. The Morgan fingerprint density at radius 3 is 2.55 bits per heavy atom. The summed E-state index contributed by atoms with van der Waals surface area (Å²) in [6, 6.07) is 2.83. The predicted octanol–water partition coefficient (Wildman–Crippen LogP) is 2.86. The van der Waals surface area contributed by atoms with Crippen LogP contribution in [0.15, 0.2) is 18.2 Å². The number of esters is 1. The van der Waals surface area contributed by atoms with Crippen LogP contribution in [0.25, 0.3) is 0 Å². The molecule has 1 saturated carbocycles. The van der Waals surface area contributed by atoms with Crippen molar-refractivity contribution in [2.45, 2.75) is 45.3 Å². The third kappa shape index (κ3) is 6.88. The molecule has 0 spiro atoms. The summed E-state index contributed by atoms with van der Waals surface area (Å²) >= 11 is 0. The molecule has 8 nitrogen and oxygen atoms in total. The molecule has 0 bridgehead atoms. The minimum absolute atomic E-state index is 0.000498. The van der Waals surface area contributed by atoms with Crippen molar-refractivity contribution in [3.63, 3.8) is 0 Å². The van der Waals surface area contributed by atoms with Crippen molar-refractivity contribution in [1.29, 1.82) is 0 Å². The Balaban J connectivity index is 1.83. The minimum atomic E-state index is -3.05. The minimum Gasteiger partial charge on any atom is -0.493 e. The number of hydrogen-bond donors (Lipinski definition) is 2. The van der Waals surface area contributed by atoms with Gasteiger partial charge < -0.3 is 19.5 Å². The van der Waals surface area contributed by atoms with Gasteiger partial charge in [0.2, 0.25) is 0 Å². The molecule has 1 fully saturated rings. The first-order chi connectivity index (χ1) is 13.8. The van der Waals surface area contributed by atoms with E-state index in [0.717, 1.165) is 37.8 Å². The molecule has 2 rings (SSSR count). The normalized spacial score (nSPS) is 18.7. The fourth-order valence-corrected chi connectivity index (χ4v) is 3.10. The first-order valence-corrected chi connectivity index (χ1v) is 9.20. The molecule has 1 aliphatic carbocycles. The number of alkyl halides is 2. The number of nitrogens with one attached hydrogen (secondary N) is 2. The fraction of sp³-hybridized carbons (Fsp3) is 0.526. The quantitative estimate of drug-likeness (QED) is 0.665. The number of methoxy groups -OCH3 is 1. The van der Waals surface area contributed by atoms with Crippen LogP contribution in [0, 0.1) is 5.92 Å². The number of urea groups is 1. The Morgan fingerprint density at radius 1 is 1.17 bits per heavy atom. The van der Waals surface area contributed by atoms with E-state index in [4.69, 9.17) is 9.47 Å². The van der Waals surface area contributed by atoms with Crippen LogP contribution < -0.4 is 20.1 Å². The monoisotopic (exact) mass is 414 g/mol. The van der Waals surface area contributed by atoms with Gasteiger partial charge in [-0.05, 0) is 37.0 Å². The van der Waals surface area contributed by atoms with E-state index in [2.05, 4.69) is 15.4 Å². The van der Waals surface area contributed by atoms with Gasteiger partial charge in [-0.3, -0.25) is 10.1 Å². The largest absolute Gasteiger partial charge is 0.493 e. The van der Waals surface area contributed by atoms with Crippen molar-refractivity contribution in [1.82, 2.24) is 10.6 Å². The molecule has 2 atom stereocenters. The third-order valence-electron chi connectivity index (χ3n) is 4.63. The molecular formula is C19H24F2N2O6. The molecule has 1 aromatic rings. The van der Waals surface area contributed by atoms with E-state index in [9.17, 15) is 23.2 Å². The highest BCUT2D eigenvalue weighted by atomic mass is 19.3. The smallest absolute Gasteiger partial charge is 0.387 e. The van der Waals surface area contributed by atoms with Crippen molar-refractivity contribution in [2.75, 3.05) is 13.7 Å². The summed E-state index contributed by atoms with van der Waals surface area (Å²) in [4.78, 5) is 35.8. The van der Waals surface area contributed by atoms with Crippen molar-refractivity contribution in [3.05, 3.63) is 23.8 Å². The molecular weight excluding hydrogens is 390 g/mol. The highest BCUT2D eigenvalue weighted by molar-refractivity contribution is 5.97. The lowest BCUT2D eigenvalue weighted by molar-refractivity contribution is -0.123. The van der Waals surface area contributed by atoms with Gasteiger partial charge in [0.15, 0.2) is 18.1 Å². The zero-order valence-electron chi connectivity index (χ0n) is 16.2. The molecule has 0 heterocycles. The average Bonchev–Trinajstić information content (AvgIpc) is 2.67. The Kier molecular flexibility index (Phi) is 8.17. The van der Waals surface area contributed by atoms with Gasteiger partial charge in [0.25, 0.3) is 5.91 Å². The standard InChI is InChI=1S/C19H24F2N2O6/c1-11-5-3-4-6-13(11)22-19(26)23-16(24)10-28-17(25)12-7-8-14(29-18(20)21)15(9-12)27-2/h7-9,11,13,18H,3-6,10H2,1-2H3,(H2,22,23,24,26)/t11-,13+/m0/s1. The lowest BCUT2D eigenvalue weighted by Gasteiger charge is -2.29. The number of benzene rings is 1. The average molecular weight is 414 g/mol. The number of ether oxygens (including phenoxy) is 3. The summed E-state index contributed by atoms with van der Waals surface area (Å²) in [5, 5.41) is 4.87. The van der Waals surface area contributed by atoms with E-state index in [-0.39, 0.29) is 23.1 Å². The summed E-state index contributed by atoms with van der Waals surface area (Å²) in [6.07, 6.45) is 4.01. The summed E-state index contributed by atoms with van der Waals surface area (Å²) in [5.74, 6) is -1.68. The number of carbonyl (C=O) groups excluding carboxylic acids is 3. The number of carbonyl (C=O) groups is 3. The van der Waals surface area contributed by atoms with Crippen LogP contribution in [0.1, 0.15) is 43.0 Å². The molecule has 160 valence electrons. The van der Waals surface area contributed by atoms with Crippen LogP contribution in [-0.4, -0.2) is 44.3 Å². The number of amides is 3. The van der Waals surface area contributed by atoms with Crippen LogP contribution in [0.2, 0.25) is 0 Å². The predicted molar refractivity (Wildman–Crippen MR) is 98.0 cm³/mol. The molecule has 3 amide bonds. The molecule has 0 aliphatic heterocycles. The van der Waals surface area contributed by atoms with E-state index >= 15 is 0 Å². The fourth-order valence-electron chi connectivity index (χ4n) is 3.10. The summed E-state index contributed by atoms with van der Waals surface area (Å²) < 4.78 is 38.7. The molecule has 1 aliphatic rings. The summed E-state index contributed by atoms with van der Waals surface area (Å²) in [5.41, 5.74) is -0.0308. The summed E-state index contributed by atoms with van der Waals surface area (Å²) in [6.45, 7) is -1.68. The van der Waals surface area contributed by atoms with Gasteiger partial charge >= 0.3 is 18.6 Å². The summed E-state index contributed by atoms with van der Waals surface area (Å²) in [7, 11) is 1.22. The first-order valence-electron chi connectivity index (χ1n) is 9.20. The van der Waals surface area contributed by atoms with E-state index in [0.29, 0.717) is 5.92 Å². The SMILES string of the molecule is COc1cc(C(=O)OCC(=O)NC(=O)N[C@@H]2CCCC[C@@H]2C)ccc1OC(F)F. The molecule has 1 aromatic carbocycles. The number of hydrogen-bond acceptors (Lipinski definition) is 6. The zero-order chi connectivity index (χ0) is 21.4. The lowest BCUT2D eigenvalue weighted by Crippen LogP contribution is -2.48. The second-order valence-electron chi connectivity index (χ2n) is 6.71. The zero-order valence-corrected chi connectivity index (χ0v) is 16.2.